The highest BCUT2D eigenvalue weighted by Gasteiger charge is 2.17. The minimum absolute atomic E-state index is 0.155. The summed E-state index contributed by atoms with van der Waals surface area (Å²) >= 11 is 0. The van der Waals surface area contributed by atoms with Crippen LogP contribution in [0.2, 0.25) is 0 Å². The van der Waals surface area contributed by atoms with Crippen molar-refractivity contribution >= 4 is 5.97 Å². The first-order valence-electron chi connectivity index (χ1n) is 5.89. The lowest BCUT2D eigenvalue weighted by molar-refractivity contribution is 0.0695. The highest BCUT2D eigenvalue weighted by atomic mass is 19.1. The lowest BCUT2D eigenvalue weighted by Crippen LogP contribution is -2.06. The van der Waals surface area contributed by atoms with Gasteiger partial charge in [0.1, 0.15) is 11.4 Å². The normalized spacial score (nSPS) is 10.3. The van der Waals surface area contributed by atoms with Gasteiger partial charge in [0.15, 0.2) is 0 Å². The van der Waals surface area contributed by atoms with Crippen LogP contribution in [0, 0.1) is 31.0 Å². The van der Waals surface area contributed by atoms with Gasteiger partial charge in [-0.25, -0.2) is 9.18 Å². The first-order valence-corrected chi connectivity index (χ1v) is 5.89. The summed E-state index contributed by atoms with van der Waals surface area (Å²) in [6.45, 7) is 3.47. The number of aryl methyl sites for hydroxylation is 1. The summed E-state index contributed by atoms with van der Waals surface area (Å²) in [4.78, 5) is 11.1. The maximum atomic E-state index is 13.4. The molecule has 0 radical (unpaired) electrons. The molecule has 0 amide bonds. The van der Waals surface area contributed by atoms with E-state index < -0.39 is 11.8 Å². The highest BCUT2D eigenvalue weighted by molar-refractivity contribution is 5.90. The van der Waals surface area contributed by atoms with Crippen LogP contribution in [0.15, 0.2) is 18.2 Å². The van der Waals surface area contributed by atoms with Gasteiger partial charge in [0.05, 0.1) is 29.6 Å². The number of nitrogens with zero attached hydrogens (tertiary/aromatic N) is 3. The Labute approximate surface area is 114 Å². The zero-order valence-corrected chi connectivity index (χ0v) is 11.0. The lowest BCUT2D eigenvalue weighted by atomic mass is 10.1. The SMILES string of the molecule is Cc1nn(Cc2cc(F)cc(C#N)c2)c(C)c1C(=O)O. The summed E-state index contributed by atoms with van der Waals surface area (Å²) in [6, 6.07) is 5.88. The zero-order chi connectivity index (χ0) is 14.9. The van der Waals surface area contributed by atoms with Crippen LogP contribution in [0.3, 0.4) is 0 Å². The molecule has 1 aromatic heterocycles. The third-order valence-corrected chi connectivity index (χ3v) is 3.01. The van der Waals surface area contributed by atoms with Gasteiger partial charge < -0.3 is 5.11 Å². The number of aromatic nitrogens is 2. The number of benzene rings is 1. The van der Waals surface area contributed by atoms with E-state index in [1.54, 1.807) is 19.9 Å². The Morgan fingerprint density at radius 1 is 1.45 bits per heavy atom. The fourth-order valence-corrected chi connectivity index (χ4v) is 2.14. The van der Waals surface area contributed by atoms with E-state index in [0.29, 0.717) is 17.0 Å². The van der Waals surface area contributed by atoms with Crippen molar-refractivity contribution in [2.75, 3.05) is 0 Å². The van der Waals surface area contributed by atoms with E-state index in [0.717, 1.165) is 6.07 Å². The smallest absolute Gasteiger partial charge is 0.339 e. The van der Waals surface area contributed by atoms with E-state index in [1.807, 2.05) is 6.07 Å². The molecule has 0 spiro atoms. The number of halogens is 1. The zero-order valence-electron chi connectivity index (χ0n) is 11.0. The molecule has 5 nitrogen and oxygen atoms in total. The molecular formula is C14H12FN3O2. The van der Waals surface area contributed by atoms with Gasteiger partial charge in [0.2, 0.25) is 0 Å². The van der Waals surface area contributed by atoms with Crippen LogP contribution in [0.1, 0.15) is 32.9 Å². The predicted octanol–water partition coefficient (Wildman–Crippen LogP) is 2.26. The predicted molar refractivity (Wildman–Crippen MR) is 68.9 cm³/mol. The molecule has 1 N–H and O–H groups in total. The third-order valence-electron chi connectivity index (χ3n) is 3.01. The van der Waals surface area contributed by atoms with Crippen molar-refractivity contribution in [1.82, 2.24) is 9.78 Å². The van der Waals surface area contributed by atoms with E-state index in [4.69, 9.17) is 10.4 Å². The van der Waals surface area contributed by atoms with Gasteiger partial charge in [-0.05, 0) is 37.6 Å². The van der Waals surface area contributed by atoms with Gasteiger partial charge >= 0.3 is 5.97 Å². The van der Waals surface area contributed by atoms with E-state index in [9.17, 15) is 9.18 Å². The molecule has 2 aromatic rings. The average Bonchev–Trinajstić information content (AvgIpc) is 2.63. The van der Waals surface area contributed by atoms with Crippen molar-refractivity contribution in [2.45, 2.75) is 20.4 Å². The Balaban J connectivity index is 2.41. The quantitative estimate of drug-likeness (QED) is 0.930. The van der Waals surface area contributed by atoms with E-state index in [2.05, 4.69) is 5.10 Å². The van der Waals surface area contributed by atoms with Gasteiger partial charge in [-0.1, -0.05) is 0 Å². The first kappa shape index (κ1) is 13.7. The molecule has 2 rings (SSSR count). The molecule has 6 heteroatoms. The van der Waals surface area contributed by atoms with E-state index >= 15 is 0 Å². The van der Waals surface area contributed by atoms with Crippen LogP contribution >= 0.6 is 0 Å². The maximum Gasteiger partial charge on any atom is 0.339 e. The van der Waals surface area contributed by atoms with Crippen molar-refractivity contribution in [3.8, 4) is 6.07 Å². The number of carboxylic acid groups (broad SMARTS) is 1. The van der Waals surface area contributed by atoms with Crippen molar-refractivity contribution in [3.05, 3.63) is 52.1 Å². The largest absolute Gasteiger partial charge is 0.478 e. The Morgan fingerprint density at radius 2 is 2.15 bits per heavy atom. The summed E-state index contributed by atoms with van der Waals surface area (Å²) < 4.78 is 14.9. The molecule has 0 aliphatic carbocycles. The fourth-order valence-electron chi connectivity index (χ4n) is 2.14. The van der Waals surface area contributed by atoms with Crippen LogP contribution in [0.25, 0.3) is 0 Å². The molecule has 0 aliphatic heterocycles. The number of aromatic carboxylic acids is 1. The Bertz CT molecular complexity index is 729. The molecule has 0 saturated heterocycles. The Morgan fingerprint density at radius 3 is 2.70 bits per heavy atom. The monoisotopic (exact) mass is 273 g/mol. The number of hydrogen-bond donors (Lipinski definition) is 1. The van der Waals surface area contributed by atoms with Gasteiger partial charge in [0, 0.05) is 0 Å². The fraction of sp³-hybridized carbons (Fsp3) is 0.214. The summed E-state index contributed by atoms with van der Waals surface area (Å²) in [5, 5.41) is 22.0. The third kappa shape index (κ3) is 2.52. The minimum atomic E-state index is -1.04. The summed E-state index contributed by atoms with van der Waals surface area (Å²) in [5.41, 5.74) is 1.84. The topological polar surface area (TPSA) is 78.9 Å². The van der Waals surface area contributed by atoms with Crippen LogP contribution in [-0.2, 0) is 6.54 Å². The number of nitriles is 1. The van der Waals surface area contributed by atoms with Crippen molar-refractivity contribution in [2.24, 2.45) is 0 Å². The minimum Gasteiger partial charge on any atom is -0.478 e. The second-order valence-corrected chi connectivity index (χ2v) is 4.47. The van der Waals surface area contributed by atoms with Crippen LogP contribution < -0.4 is 0 Å². The van der Waals surface area contributed by atoms with Gasteiger partial charge in [-0.15, -0.1) is 0 Å². The number of carboxylic acids is 1. The molecule has 1 heterocycles. The molecule has 0 fully saturated rings. The average molecular weight is 273 g/mol. The first-order chi connectivity index (χ1) is 9.42. The van der Waals surface area contributed by atoms with Gasteiger partial charge in [-0.3, -0.25) is 4.68 Å². The molecule has 0 bridgehead atoms. The lowest BCUT2D eigenvalue weighted by Gasteiger charge is -2.05. The summed E-state index contributed by atoms with van der Waals surface area (Å²) in [7, 11) is 0. The van der Waals surface area contributed by atoms with Crippen molar-refractivity contribution in [1.29, 1.82) is 5.26 Å². The maximum absolute atomic E-state index is 13.4. The molecule has 1 aromatic carbocycles. The standard InChI is InChI=1S/C14H12FN3O2/c1-8-13(14(19)20)9(2)18(17-8)7-11-3-10(6-16)4-12(15)5-11/h3-5H,7H2,1-2H3,(H,19,20). The molecule has 0 saturated carbocycles. The van der Waals surface area contributed by atoms with E-state index in [1.165, 1.54) is 10.7 Å². The van der Waals surface area contributed by atoms with Crippen molar-refractivity contribution in [3.63, 3.8) is 0 Å². The van der Waals surface area contributed by atoms with Crippen LogP contribution in [0.5, 0.6) is 0 Å². The van der Waals surface area contributed by atoms with E-state index in [-0.39, 0.29) is 17.7 Å². The molecule has 102 valence electrons. The van der Waals surface area contributed by atoms with Crippen LogP contribution in [-0.4, -0.2) is 20.9 Å². The Kier molecular flexibility index (Phi) is 3.53. The highest BCUT2D eigenvalue weighted by Crippen LogP contribution is 2.16. The number of rotatable bonds is 3. The summed E-state index contributed by atoms with van der Waals surface area (Å²) in [6.07, 6.45) is 0. The summed E-state index contributed by atoms with van der Waals surface area (Å²) in [5.74, 6) is -1.54. The second-order valence-electron chi connectivity index (χ2n) is 4.47. The number of hydrogen-bond acceptors (Lipinski definition) is 3. The molecule has 0 aliphatic rings. The van der Waals surface area contributed by atoms with Crippen molar-refractivity contribution < 1.29 is 14.3 Å². The molecule has 20 heavy (non-hydrogen) atoms. The number of carbonyl (C=O) groups is 1. The molecule has 0 unspecified atom stereocenters. The van der Waals surface area contributed by atoms with Gasteiger partial charge in [0.25, 0.3) is 0 Å². The van der Waals surface area contributed by atoms with Crippen LogP contribution in [0.4, 0.5) is 4.39 Å². The van der Waals surface area contributed by atoms with Gasteiger partial charge in [-0.2, -0.15) is 10.4 Å². The molecule has 0 atom stereocenters. The Hall–Kier alpha value is -2.68. The second kappa shape index (κ2) is 5.13. The molecular weight excluding hydrogens is 261 g/mol.